The zero-order valence-electron chi connectivity index (χ0n) is 10.9. The Balaban J connectivity index is 1.91. The molecule has 1 heteroatoms. The van der Waals surface area contributed by atoms with Crippen LogP contribution in [0.4, 0.5) is 0 Å². The van der Waals surface area contributed by atoms with Gasteiger partial charge in [-0.25, -0.2) is 0 Å². The first-order valence-electron chi connectivity index (χ1n) is 6.84. The van der Waals surface area contributed by atoms with Gasteiger partial charge in [0, 0.05) is 5.71 Å². The Morgan fingerprint density at radius 1 is 1.38 bits per heavy atom. The van der Waals surface area contributed by atoms with Crippen LogP contribution in [0.5, 0.6) is 0 Å². The van der Waals surface area contributed by atoms with E-state index in [1.807, 2.05) is 0 Å². The third kappa shape index (κ3) is 2.23. The van der Waals surface area contributed by atoms with E-state index < -0.39 is 0 Å². The second kappa shape index (κ2) is 4.73. The van der Waals surface area contributed by atoms with Gasteiger partial charge >= 0.3 is 0 Å². The minimum Gasteiger partial charge on any atom is -0.290 e. The average molecular weight is 219 g/mol. The summed E-state index contributed by atoms with van der Waals surface area (Å²) in [5, 5.41) is 0. The van der Waals surface area contributed by atoms with Crippen molar-refractivity contribution in [3.8, 4) is 0 Å². The first kappa shape index (κ1) is 11.9. The smallest absolute Gasteiger partial charge is 0.0601 e. The van der Waals surface area contributed by atoms with Gasteiger partial charge in [-0.05, 0) is 62.4 Å². The molecule has 2 fully saturated rings. The highest BCUT2D eigenvalue weighted by atomic mass is 14.7. The fraction of sp³-hybridized carbons (Fsp3) is 0.800. The van der Waals surface area contributed by atoms with Gasteiger partial charge in [0.25, 0.3) is 0 Å². The number of rotatable bonds is 5. The van der Waals surface area contributed by atoms with Gasteiger partial charge in [0.15, 0.2) is 0 Å². The topological polar surface area (TPSA) is 12.4 Å². The van der Waals surface area contributed by atoms with Gasteiger partial charge in [-0.3, -0.25) is 4.99 Å². The lowest BCUT2D eigenvalue weighted by Gasteiger charge is -2.28. The maximum absolute atomic E-state index is 4.69. The first-order valence-corrected chi connectivity index (χ1v) is 6.84. The second-order valence-corrected chi connectivity index (χ2v) is 5.83. The minimum atomic E-state index is 0.501. The molecule has 90 valence electrons. The Morgan fingerprint density at radius 3 is 2.56 bits per heavy atom. The predicted molar refractivity (Wildman–Crippen MR) is 71.0 cm³/mol. The van der Waals surface area contributed by atoms with Crippen LogP contribution in [0, 0.1) is 11.3 Å². The fourth-order valence-electron chi connectivity index (χ4n) is 3.53. The van der Waals surface area contributed by atoms with Gasteiger partial charge in [0.05, 0.1) is 6.54 Å². The summed E-state index contributed by atoms with van der Waals surface area (Å²) >= 11 is 0. The molecule has 2 bridgehead atoms. The zero-order chi connectivity index (χ0) is 11.6. The van der Waals surface area contributed by atoms with Crippen molar-refractivity contribution in [1.82, 2.24) is 0 Å². The van der Waals surface area contributed by atoms with E-state index in [0.717, 1.165) is 18.9 Å². The van der Waals surface area contributed by atoms with E-state index in [-0.39, 0.29) is 0 Å². The van der Waals surface area contributed by atoms with Crippen molar-refractivity contribution in [3.63, 3.8) is 0 Å². The molecule has 2 rings (SSSR count). The van der Waals surface area contributed by atoms with E-state index in [1.54, 1.807) is 0 Å². The van der Waals surface area contributed by atoms with Crippen molar-refractivity contribution < 1.29 is 0 Å². The highest BCUT2D eigenvalue weighted by Gasteiger charge is 2.46. The Labute approximate surface area is 100 Å². The van der Waals surface area contributed by atoms with Crippen LogP contribution in [-0.4, -0.2) is 12.3 Å². The highest BCUT2D eigenvalue weighted by Crippen LogP contribution is 2.57. The molecule has 2 saturated carbocycles. The van der Waals surface area contributed by atoms with Crippen molar-refractivity contribution >= 4 is 5.71 Å². The van der Waals surface area contributed by atoms with Crippen LogP contribution >= 0.6 is 0 Å². The molecule has 0 heterocycles. The van der Waals surface area contributed by atoms with Crippen LogP contribution < -0.4 is 0 Å². The van der Waals surface area contributed by atoms with E-state index in [9.17, 15) is 0 Å². The first-order chi connectivity index (χ1) is 7.66. The second-order valence-electron chi connectivity index (χ2n) is 5.83. The summed E-state index contributed by atoms with van der Waals surface area (Å²) in [6.07, 6.45) is 9.41. The van der Waals surface area contributed by atoms with Crippen LogP contribution in [0.2, 0.25) is 0 Å². The van der Waals surface area contributed by atoms with Gasteiger partial charge in [-0.15, -0.1) is 0 Å². The summed E-state index contributed by atoms with van der Waals surface area (Å²) in [4.78, 5) is 4.69. The summed E-state index contributed by atoms with van der Waals surface area (Å²) in [7, 11) is 0. The van der Waals surface area contributed by atoms with Gasteiger partial charge in [0.1, 0.15) is 0 Å². The molecule has 0 aromatic heterocycles. The average Bonchev–Trinajstić information content (AvgIpc) is 2.87. The molecule has 0 unspecified atom stereocenters. The summed E-state index contributed by atoms with van der Waals surface area (Å²) in [5.41, 5.74) is 3.22. The SMILES string of the molecule is C=C(CN=C(C)CCC)C12CCC(CC1)C2. The van der Waals surface area contributed by atoms with E-state index in [4.69, 9.17) is 0 Å². The maximum atomic E-state index is 4.69. The van der Waals surface area contributed by atoms with Crippen LogP contribution in [0.25, 0.3) is 0 Å². The largest absolute Gasteiger partial charge is 0.290 e. The molecule has 0 saturated heterocycles. The van der Waals surface area contributed by atoms with E-state index >= 15 is 0 Å². The quantitative estimate of drug-likeness (QED) is 0.480. The van der Waals surface area contributed by atoms with Gasteiger partial charge in [-0.2, -0.15) is 0 Å². The zero-order valence-corrected chi connectivity index (χ0v) is 10.9. The molecule has 0 spiro atoms. The van der Waals surface area contributed by atoms with Gasteiger partial charge in [-0.1, -0.05) is 19.9 Å². The van der Waals surface area contributed by atoms with Gasteiger partial charge < -0.3 is 0 Å². The van der Waals surface area contributed by atoms with Crippen molar-refractivity contribution in [3.05, 3.63) is 12.2 Å². The number of hydrogen-bond acceptors (Lipinski definition) is 1. The summed E-state index contributed by atoms with van der Waals surface area (Å²) in [6.45, 7) is 9.59. The number of fused-ring (bicyclic) bond motifs is 2. The third-order valence-electron chi connectivity index (χ3n) is 4.64. The molecule has 0 radical (unpaired) electrons. The van der Waals surface area contributed by atoms with Crippen molar-refractivity contribution in [2.45, 2.75) is 58.8 Å². The van der Waals surface area contributed by atoms with Crippen molar-refractivity contribution in [2.75, 3.05) is 6.54 Å². The predicted octanol–water partition coefficient (Wildman–Crippen LogP) is 4.38. The molecule has 2 aliphatic carbocycles. The number of aliphatic imine (C=N–C) groups is 1. The lowest BCUT2D eigenvalue weighted by Crippen LogP contribution is -2.18. The van der Waals surface area contributed by atoms with E-state index in [0.29, 0.717) is 5.41 Å². The Hall–Kier alpha value is -0.590. The van der Waals surface area contributed by atoms with E-state index in [1.165, 1.54) is 49.8 Å². The lowest BCUT2D eigenvalue weighted by atomic mass is 9.78. The third-order valence-corrected chi connectivity index (χ3v) is 4.64. The maximum Gasteiger partial charge on any atom is 0.0601 e. The molecule has 0 aromatic carbocycles. The fourth-order valence-corrected chi connectivity index (χ4v) is 3.53. The molecule has 16 heavy (non-hydrogen) atoms. The van der Waals surface area contributed by atoms with Crippen LogP contribution in [-0.2, 0) is 0 Å². The highest BCUT2D eigenvalue weighted by molar-refractivity contribution is 5.81. The minimum absolute atomic E-state index is 0.501. The molecule has 1 nitrogen and oxygen atoms in total. The van der Waals surface area contributed by atoms with Crippen LogP contribution in [0.1, 0.15) is 58.8 Å². The normalized spacial score (nSPS) is 33.4. The molecule has 0 amide bonds. The number of hydrogen-bond donors (Lipinski definition) is 0. The molecule has 0 atom stereocenters. The Bertz CT molecular complexity index is 293. The summed E-state index contributed by atoms with van der Waals surface area (Å²) in [6, 6.07) is 0. The van der Waals surface area contributed by atoms with Crippen LogP contribution in [0.3, 0.4) is 0 Å². The van der Waals surface area contributed by atoms with Crippen LogP contribution in [0.15, 0.2) is 17.1 Å². The van der Waals surface area contributed by atoms with Crippen molar-refractivity contribution in [1.29, 1.82) is 0 Å². The molecule has 0 N–H and O–H groups in total. The van der Waals surface area contributed by atoms with Crippen molar-refractivity contribution in [2.24, 2.45) is 16.3 Å². The standard InChI is InChI=1S/C15H25N/c1-4-5-13(3)16-11-12(2)15-8-6-14(10-15)7-9-15/h14H,2,4-11H2,1,3H3. The number of nitrogens with zero attached hydrogens (tertiary/aromatic N) is 1. The molecular formula is C15H25N. The molecule has 0 aliphatic heterocycles. The molecule has 2 aliphatic rings. The molecule has 0 aromatic rings. The molecular weight excluding hydrogens is 194 g/mol. The Kier molecular flexibility index (Phi) is 3.51. The lowest BCUT2D eigenvalue weighted by molar-refractivity contribution is 0.356. The summed E-state index contributed by atoms with van der Waals surface area (Å²) in [5.74, 6) is 1.01. The Morgan fingerprint density at radius 2 is 2.06 bits per heavy atom. The van der Waals surface area contributed by atoms with Gasteiger partial charge in [0.2, 0.25) is 0 Å². The van der Waals surface area contributed by atoms with E-state index in [2.05, 4.69) is 25.4 Å². The monoisotopic (exact) mass is 219 g/mol. The summed E-state index contributed by atoms with van der Waals surface area (Å²) < 4.78 is 0.